The topological polar surface area (TPSA) is 36.4 Å². The maximum atomic E-state index is 9.38. The lowest BCUT2D eigenvalue weighted by Gasteiger charge is -2.29. The van der Waals surface area contributed by atoms with Crippen molar-refractivity contribution in [2.24, 2.45) is 0 Å². The van der Waals surface area contributed by atoms with Crippen molar-refractivity contribution in [3.05, 3.63) is 36.0 Å². The molecule has 0 radical (unpaired) electrons. The number of pyridine rings is 1. The molecule has 1 N–H and O–H groups in total. The second kappa shape index (κ2) is 6.02. The largest absolute Gasteiger partial charge is 0.390 e. The zero-order chi connectivity index (χ0) is 13.8. The number of nitrogens with zero attached hydrogens (tertiary/aromatic N) is 2. The van der Waals surface area contributed by atoms with Gasteiger partial charge >= 0.3 is 0 Å². The molecule has 0 aliphatic heterocycles. The second-order valence-electron chi connectivity index (χ2n) is 4.89. The van der Waals surface area contributed by atoms with E-state index in [1.807, 2.05) is 24.3 Å². The first-order chi connectivity index (χ1) is 9.21. The van der Waals surface area contributed by atoms with Crippen LogP contribution in [-0.2, 0) is 6.61 Å². The summed E-state index contributed by atoms with van der Waals surface area (Å²) >= 11 is 0. The molecule has 0 fully saturated rings. The predicted octanol–water partition coefficient (Wildman–Crippen LogP) is 3.35. The van der Waals surface area contributed by atoms with Gasteiger partial charge in [-0.1, -0.05) is 32.0 Å². The third-order valence-electron chi connectivity index (χ3n) is 3.78. The van der Waals surface area contributed by atoms with E-state index < -0.39 is 0 Å². The van der Waals surface area contributed by atoms with Gasteiger partial charge in [0.15, 0.2) is 0 Å². The lowest BCUT2D eigenvalue weighted by molar-refractivity contribution is 0.277. The zero-order valence-corrected chi connectivity index (χ0v) is 11.9. The van der Waals surface area contributed by atoms with Gasteiger partial charge in [-0.25, -0.2) is 0 Å². The third kappa shape index (κ3) is 2.71. The fraction of sp³-hybridized carbons (Fsp3) is 0.438. The fourth-order valence-corrected chi connectivity index (χ4v) is 2.62. The van der Waals surface area contributed by atoms with E-state index in [1.165, 1.54) is 0 Å². The Morgan fingerprint density at radius 2 is 1.89 bits per heavy atom. The van der Waals surface area contributed by atoms with Crippen molar-refractivity contribution in [2.75, 3.05) is 11.9 Å². The van der Waals surface area contributed by atoms with Crippen molar-refractivity contribution < 1.29 is 5.11 Å². The molecule has 2 aromatic rings. The van der Waals surface area contributed by atoms with E-state index in [2.05, 4.69) is 36.8 Å². The van der Waals surface area contributed by atoms with Gasteiger partial charge in [0.25, 0.3) is 0 Å². The van der Waals surface area contributed by atoms with Gasteiger partial charge in [0.1, 0.15) is 0 Å². The Bertz CT molecular complexity index is 549. The van der Waals surface area contributed by atoms with Crippen molar-refractivity contribution >= 4 is 16.6 Å². The van der Waals surface area contributed by atoms with E-state index in [4.69, 9.17) is 0 Å². The second-order valence-corrected chi connectivity index (χ2v) is 4.89. The summed E-state index contributed by atoms with van der Waals surface area (Å²) in [7, 11) is 2.13. The summed E-state index contributed by atoms with van der Waals surface area (Å²) in [5.74, 6) is 0. The minimum absolute atomic E-state index is 0.0193. The first kappa shape index (κ1) is 13.8. The summed E-state index contributed by atoms with van der Waals surface area (Å²) in [6.07, 6.45) is 2.22. The highest BCUT2D eigenvalue weighted by Gasteiger charge is 2.15. The molecule has 0 bridgehead atoms. The number of rotatable bonds is 5. The van der Waals surface area contributed by atoms with Crippen molar-refractivity contribution in [1.82, 2.24) is 4.98 Å². The Kier molecular flexibility index (Phi) is 4.38. The van der Waals surface area contributed by atoms with Crippen LogP contribution in [0.1, 0.15) is 32.4 Å². The SMILES string of the molecule is CCC(CC)N(C)c1cc(CO)nc2ccccc12. The van der Waals surface area contributed by atoms with Crippen LogP contribution in [0.4, 0.5) is 5.69 Å². The number of aromatic nitrogens is 1. The first-order valence-corrected chi connectivity index (χ1v) is 6.93. The molecule has 0 saturated carbocycles. The van der Waals surface area contributed by atoms with Crippen molar-refractivity contribution in [1.29, 1.82) is 0 Å². The van der Waals surface area contributed by atoms with E-state index in [1.54, 1.807) is 0 Å². The number of hydrogen-bond donors (Lipinski definition) is 1. The van der Waals surface area contributed by atoms with Crippen LogP contribution >= 0.6 is 0 Å². The van der Waals surface area contributed by atoms with Crippen molar-refractivity contribution in [2.45, 2.75) is 39.3 Å². The van der Waals surface area contributed by atoms with Crippen molar-refractivity contribution in [3.8, 4) is 0 Å². The first-order valence-electron chi connectivity index (χ1n) is 6.93. The minimum Gasteiger partial charge on any atom is -0.390 e. The summed E-state index contributed by atoms with van der Waals surface area (Å²) in [5.41, 5.74) is 2.83. The van der Waals surface area contributed by atoms with Crippen LogP contribution in [0.25, 0.3) is 10.9 Å². The van der Waals surface area contributed by atoms with Crippen molar-refractivity contribution in [3.63, 3.8) is 0 Å². The predicted molar refractivity (Wildman–Crippen MR) is 80.4 cm³/mol. The molecule has 3 heteroatoms. The van der Waals surface area contributed by atoms with Gasteiger partial charge in [-0.3, -0.25) is 4.98 Å². The van der Waals surface area contributed by atoms with Gasteiger partial charge in [-0.2, -0.15) is 0 Å². The van der Waals surface area contributed by atoms with Crippen LogP contribution in [0.3, 0.4) is 0 Å². The Hall–Kier alpha value is -1.61. The number of aliphatic hydroxyl groups is 1. The summed E-state index contributed by atoms with van der Waals surface area (Å²) in [5, 5.41) is 10.5. The van der Waals surface area contributed by atoms with Gasteiger partial charge in [0.2, 0.25) is 0 Å². The van der Waals surface area contributed by atoms with E-state index in [-0.39, 0.29) is 6.61 Å². The third-order valence-corrected chi connectivity index (χ3v) is 3.78. The maximum Gasteiger partial charge on any atom is 0.0854 e. The number of benzene rings is 1. The Morgan fingerprint density at radius 1 is 1.21 bits per heavy atom. The standard InChI is InChI=1S/C16H22N2O/c1-4-13(5-2)18(3)16-10-12(11-19)17-15-9-7-6-8-14(15)16/h6-10,13,19H,4-5,11H2,1-3H3. The van der Waals surface area contributed by atoms with E-state index in [0.29, 0.717) is 6.04 Å². The quantitative estimate of drug-likeness (QED) is 0.893. The number of aliphatic hydroxyl groups excluding tert-OH is 1. The molecule has 0 amide bonds. The molecule has 19 heavy (non-hydrogen) atoms. The molecule has 102 valence electrons. The van der Waals surface area contributed by atoms with E-state index in [9.17, 15) is 5.11 Å². The average Bonchev–Trinajstić information content (AvgIpc) is 2.47. The molecule has 2 rings (SSSR count). The number of fused-ring (bicyclic) bond motifs is 1. The maximum absolute atomic E-state index is 9.38. The highest BCUT2D eigenvalue weighted by atomic mass is 16.3. The average molecular weight is 258 g/mol. The molecule has 1 heterocycles. The molecule has 0 aliphatic carbocycles. The zero-order valence-electron chi connectivity index (χ0n) is 11.9. The van der Waals surface area contributed by atoms with Gasteiger partial charge in [0.05, 0.1) is 17.8 Å². The molecule has 1 aromatic heterocycles. The minimum atomic E-state index is -0.0193. The summed E-state index contributed by atoms with van der Waals surface area (Å²) in [6, 6.07) is 10.6. The van der Waals surface area contributed by atoms with Gasteiger partial charge in [0, 0.05) is 24.2 Å². The molecule has 0 saturated heterocycles. The van der Waals surface area contributed by atoms with Gasteiger partial charge in [-0.05, 0) is 25.0 Å². The van der Waals surface area contributed by atoms with Crippen LogP contribution in [0.5, 0.6) is 0 Å². The molecule has 1 aromatic carbocycles. The molecular formula is C16H22N2O. The molecular weight excluding hydrogens is 236 g/mol. The summed E-state index contributed by atoms with van der Waals surface area (Å²) in [4.78, 5) is 6.78. The molecule has 0 unspecified atom stereocenters. The van der Waals surface area contributed by atoms with Crippen LogP contribution in [0.15, 0.2) is 30.3 Å². The number of hydrogen-bond acceptors (Lipinski definition) is 3. The van der Waals surface area contributed by atoms with Crippen LogP contribution < -0.4 is 4.90 Å². The molecule has 0 spiro atoms. The highest BCUT2D eigenvalue weighted by molar-refractivity contribution is 5.92. The van der Waals surface area contributed by atoms with Gasteiger partial charge in [-0.15, -0.1) is 0 Å². The van der Waals surface area contributed by atoms with Gasteiger partial charge < -0.3 is 10.0 Å². The van der Waals surface area contributed by atoms with E-state index >= 15 is 0 Å². The summed E-state index contributed by atoms with van der Waals surface area (Å²) < 4.78 is 0. The number of para-hydroxylation sites is 1. The van der Waals surface area contributed by atoms with Crippen LogP contribution in [-0.4, -0.2) is 23.2 Å². The molecule has 0 aliphatic rings. The Balaban J connectivity index is 2.57. The number of anilines is 1. The lowest BCUT2D eigenvalue weighted by Crippen LogP contribution is -2.30. The monoisotopic (exact) mass is 258 g/mol. The lowest BCUT2D eigenvalue weighted by atomic mass is 10.1. The highest BCUT2D eigenvalue weighted by Crippen LogP contribution is 2.28. The smallest absolute Gasteiger partial charge is 0.0854 e. The van der Waals surface area contributed by atoms with E-state index in [0.717, 1.165) is 35.1 Å². The molecule has 3 nitrogen and oxygen atoms in total. The summed E-state index contributed by atoms with van der Waals surface area (Å²) in [6.45, 7) is 4.40. The Morgan fingerprint density at radius 3 is 2.53 bits per heavy atom. The normalized spacial score (nSPS) is 11.2. The fourth-order valence-electron chi connectivity index (χ4n) is 2.62. The van der Waals surface area contributed by atoms with Crippen LogP contribution in [0, 0.1) is 0 Å². The van der Waals surface area contributed by atoms with Crippen LogP contribution in [0.2, 0.25) is 0 Å². The molecule has 0 atom stereocenters. The Labute approximate surface area is 114 Å².